The third-order valence-electron chi connectivity index (χ3n) is 2.55. The number of aliphatic hydroxyl groups excluding tert-OH is 1. The molecular formula is C14H24O6. The highest BCUT2D eigenvalue weighted by molar-refractivity contribution is 5.86. The Hall–Kier alpha value is -1.40. The zero-order valence-corrected chi connectivity index (χ0v) is 12.4. The lowest BCUT2D eigenvalue weighted by molar-refractivity contribution is -0.150. The molecule has 116 valence electrons. The van der Waals surface area contributed by atoms with E-state index in [1.165, 1.54) is 6.92 Å². The van der Waals surface area contributed by atoms with Crippen molar-refractivity contribution >= 4 is 11.9 Å². The van der Waals surface area contributed by atoms with Crippen LogP contribution in [0, 0.1) is 5.92 Å². The lowest BCUT2D eigenvalue weighted by Crippen LogP contribution is -2.25. The minimum atomic E-state index is -0.913. The molecule has 1 N–H and O–H groups in total. The van der Waals surface area contributed by atoms with Gasteiger partial charge in [-0.1, -0.05) is 20.4 Å². The topological polar surface area (TPSA) is 82.1 Å². The lowest BCUT2D eigenvalue weighted by Gasteiger charge is -2.13. The molecule has 0 heterocycles. The van der Waals surface area contributed by atoms with E-state index < -0.39 is 12.1 Å². The second-order valence-electron chi connectivity index (χ2n) is 4.58. The summed E-state index contributed by atoms with van der Waals surface area (Å²) in [5.41, 5.74) is 0.273. The van der Waals surface area contributed by atoms with Crippen LogP contribution in [0.4, 0.5) is 0 Å². The van der Waals surface area contributed by atoms with Gasteiger partial charge in [-0.15, -0.1) is 0 Å². The first kappa shape index (κ1) is 18.6. The fourth-order valence-corrected chi connectivity index (χ4v) is 1.07. The first-order valence-corrected chi connectivity index (χ1v) is 6.63. The van der Waals surface area contributed by atoms with Gasteiger partial charge < -0.3 is 19.3 Å². The Morgan fingerprint density at radius 3 is 2.40 bits per heavy atom. The normalized spacial score (nSPS) is 13.4. The third kappa shape index (κ3) is 8.66. The number of rotatable bonds is 10. The molecule has 0 radical (unpaired) electrons. The summed E-state index contributed by atoms with van der Waals surface area (Å²) in [5.74, 6) is -0.930. The second-order valence-corrected chi connectivity index (χ2v) is 4.58. The minimum Gasteiger partial charge on any atom is -0.463 e. The Labute approximate surface area is 119 Å². The SMILES string of the molecule is C=C(C)C(=O)OCC(O)COCCOC(=O)C(C)CC. The largest absolute Gasteiger partial charge is 0.463 e. The highest BCUT2D eigenvalue weighted by atomic mass is 16.6. The van der Waals surface area contributed by atoms with Crippen LogP contribution in [-0.2, 0) is 23.8 Å². The average Bonchev–Trinajstić information content (AvgIpc) is 2.42. The molecule has 0 aliphatic heterocycles. The summed E-state index contributed by atoms with van der Waals surface area (Å²) >= 11 is 0. The predicted octanol–water partition coefficient (Wildman–Crippen LogP) is 1.07. The quantitative estimate of drug-likeness (QED) is 0.368. The van der Waals surface area contributed by atoms with E-state index in [4.69, 9.17) is 14.2 Å². The number of aliphatic hydroxyl groups is 1. The molecule has 0 aliphatic rings. The van der Waals surface area contributed by atoms with Crippen LogP contribution >= 0.6 is 0 Å². The van der Waals surface area contributed by atoms with E-state index in [0.29, 0.717) is 0 Å². The van der Waals surface area contributed by atoms with Crippen molar-refractivity contribution in [1.29, 1.82) is 0 Å². The standard InChI is InChI=1S/C14H24O6/c1-5-11(4)14(17)19-7-6-18-8-12(15)9-20-13(16)10(2)3/h11-12,15H,2,5-9H2,1,3-4H3. The molecule has 2 unspecified atom stereocenters. The monoisotopic (exact) mass is 288 g/mol. The van der Waals surface area contributed by atoms with Gasteiger partial charge in [-0.25, -0.2) is 4.79 Å². The summed E-state index contributed by atoms with van der Waals surface area (Å²) < 4.78 is 14.8. The summed E-state index contributed by atoms with van der Waals surface area (Å²) in [6, 6.07) is 0. The molecule has 20 heavy (non-hydrogen) atoms. The summed E-state index contributed by atoms with van der Waals surface area (Å²) in [7, 11) is 0. The van der Waals surface area contributed by atoms with Crippen molar-refractivity contribution in [3.8, 4) is 0 Å². The molecule has 0 rings (SSSR count). The minimum absolute atomic E-state index is 0.00432. The van der Waals surface area contributed by atoms with Crippen LogP contribution in [0.5, 0.6) is 0 Å². The number of esters is 2. The summed E-state index contributed by atoms with van der Waals surface area (Å²) in [6.07, 6.45) is -0.185. The Bertz CT molecular complexity index is 326. The van der Waals surface area contributed by atoms with Gasteiger partial charge in [0.2, 0.25) is 0 Å². The Balaban J connectivity index is 3.58. The van der Waals surface area contributed by atoms with Crippen LogP contribution < -0.4 is 0 Å². The highest BCUT2D eigenvalue weighted by Crippen LogP contribution is 2.02. The van der Waals surface area contributed by atoms with Gasteiger partial charge in [0.1, 0.15) is 19.3 Å². The van der Waals surface area contributed by atoms with Crippen molar-refractivity contribution in [3.05, 3.63) is 12.2 Å². The van der Waals surface area contributed by atoms with Crippen molar-refractivity contribution < 1.29 is 28.9 Å². The number of carbonyl (C=O) groups is 2. The van der Waals surface area contributed by atoms with Gasteiger partial charge in [0.15, 0.2) is 0 Å². The van der Waals surface area contributed by atoms with Gasteiger partial charge in [0, 0.05) is 5.57 Å². The zero-order valence-electron chi connectivity index (χ0n) is 12.4. The van der Waals surface area contributed by atoms with E-state index in [1.807, 2.05) is 6.92 Å². The molecule has 0 aromatic carbocycles. The summed E-state index contributed by atoms with van der Waals surface area (Å²) in [6.45, 7) is 8.83. The first-order chi connectivity index (χ1) is 9.38. The highest BCUT2D eigenvalue weighted by Gasteiger charge is 2.12. The molecular weight excluding hydrogens is 264 g/mol. The van der Waals surface area contributed by atoms with Crippen molar-refractivity contribution in [2.45, 2.75) is 33.3 Å². The fraction of sp³-hybridized carbons (Fsp3) is 0.714. The van der Waals surface area contributed by atoms with Crippen LogP contribution in [-0.4, -0.2) is 49.6 Å². The maximum absolute atomic E-state index is 11.3. The number of hydrogen-bond acceptors (Lipinski definition) is 6. The Morgan fingerprint density at radius 2 is 1.85 bits per heavy atom. The van der Waals surface area contributed by atoms with Gasteiger partial charge in [0.25, 0.3) is 0 Å². The van der Waals surface area contributed by atoms with Gasteiger partial charge in [-0.05, 0) is 13.3 Å². The van der Waals surface area contributed by atoms with Crippen LogP contribution in [0.2, 0.25) is 0 Å². The fourth-order valence-electron chi connectivity index (χ4n) is 1.07. The van der Waals surface area contributed by atoms with E-state index in [9.17, 15) is 14.7 Å². The first-order valence-electron chi connectivity index (χ1n) is 6.63. The van der Waals surface area contributed by atoms with Crippen LogP contribution in [0.25, 0.3) is 0 Å². The van der Waals surface area contributed by atoms with Crippen LogP contribution in [0.1, 0.15) is 27.2 Å². The van der Waals surface area contributed by atoms with Gasteiger partial charge in [0.05, 0.1) is 19.1 Å². The lowest BCUT2D eigenvalue weighted by atomic mass is 10.1. The van der Waals surface area contributed by atoms with Crippen molar-refractivity contribution in [2.75, 3.05) is 26.4 Å². The molecule has 0 saturated carbocycles. The van der Waals surface area contributed by atoms with Gasteiger partial charge in [-0.2, -0.15) is 0 Å². The number of ether oxygens (including phenoxy) is 3. The van der Waals surface area contributed by atoms with Crippen LogP contribution in [0.3, 0.4) is 0 Å². The van der Waals surface area contributed by atoms with E-state index in [0.717, 1.165) is 6.42 Å². The van der Waals surface area contributed by atoms with E-state index in [-0.39, 0.29) is 43.9 Å². The van der Waals surface area contributed by atoms with Gasteiger partial charge >= 0.3 is 11.9 Å². The summed E-state index contributed by atoms with van der Waals surface area (Å²) in [4.78, 5) is 22.4. The average molecular weight is 288 g/mol. The van der Waals surface area contributed by atoms with Crippen molar-refractivity contribution in [2.24, 2.45) is 5.92 Å². The van der Waals surface area contributed by atoms with E-state index in [1.54, 1.807) is 6.92 Å². The molecule has 0 aromatic rings. The molecule has 0 saturated heterocycles. The summed E-state index contributed by atoms with van der Waals surface area (Å²) in [5, 5.41) is 9.48. The molecule has 0 spiro atoms. The second kappa shape index (κ2) is 10.4. The van der Waals surface area contributed by atoms with E-state index >= 15 is 0 Å². The predicted molar refractivity (Wildman–Crippen MR) is 73.0 cm³/mol. The molecule has 0 aliphatic carbocycles. The zero-order chi connectivity index (χ0) is 15.5. The Kier molecular flexibility index (Phi) is 9.67. The molecule has 0 amide bonds. The number of hydrogen-bond donors (Lipinski definition) is 1. The third-order valence-corrected chi connectivity index (χ3v) is 2.55. The van der Waals surface area contributed by atoms with Gasteiger partial charge in [-0.3, -0.25) is 4.79 Å². The van der Waals surface area contributed by atoms with Crippen molar-refractivity contribution in [3.63, 3.8) is 0 Å². The number of carbonyl (C=O) groups excluding carboxylic acids is 2. The van der Waals surface area contributed by atoms with Crippen molar-refractivity contribution in [1.82, 2.24) is 0 Å². The van der Waals surface area contributed by atoms with Crippen LogP contribution in [0.15, 0.2) is 12.2 Å². The smallest absolute Gasteiger partial charge is 0.333 e. The molecule has 6 nitrogen and oxygen atoms in total. The molecule has 2 atom stereocenters. The molecule has 6 heteroatoms. The molecule has 0 fully saturated rings. The molecule has 0 bridgehead atoms. The molecule has 0 aromatic heterocycles. The van der Waals surface area contributed by atoms with E-state index in [2.05, 4.69) is 6.58 Å². The maximum atomic E-state index is 11.3. The maximum Gasteiger partial charge on any atom is 0.333 e. The Morgan fingerprint density at radius 1 is 1.20 bits per heavy atom.